The topological polar surface area (TPSA) is 24.1 Å². The summed E-state index contributed by atoms with van der Waals surface area (Å²) >= 11 is 5.82. The molecule has 0 bridgehead atoms. The van der Waals surface area contributed by atoms with Crippen molar-refractivity contribution in [2.45, 2.75) is 32.5 Å². The largest absolute Gasteiger partial charge is 0.416 e. The van der Waals surface area contributed by atoms with Gasteiger partial charge in [0, 0.05) is 18.6 Å². The third-order valence-electron chi connectivity index (χ3n) is 2.39. The van der Waals surface area contributed by atoms with E-state index < -0.39 is 11.7 Å². The summed E-state index contributed by atoms with van der Waals surface area (Å²) < 4.78 is 37.3. The van der Waals surface area contributed by atoms with Crippen LogP contribution >= 0.6 is 11.6 Å². The number of benzene rings is 1. The second kappa shape index (κ2) is 6.01. The van der Waals surface area contributed by atoms with Gasteiger partial charge in [-0.25, -0.2) is 0 Å². The van der Waals surface area contributed by atoms with E-state index in [1.807, 2.05) is 20.8 Å². The summed E-state index contributed by atoms with van der Waals surface area (Å²) in [7, 11) is 0. The van der Waals surface area contributed by atoms with Crippen molar-refractivity contribution in [3.63, 3.8) is 0 Å². The van der Waals surface area contributed by atoms with Crippen molar-refractivity contribution in [2.75, 3.05) is 18.4 Å². The first kappa shape index (κ1) is 16.1. The molecule has 6 heteroatoms. The van der Waals surface area contributed by atoms with E-state index in [2.05, 4.69) is 10.6 Å². The second-order valence-electron chi connectivity index (χ2n) is 5.30. The minimum atomic E-state index is -4.37. The van der Waals surface area contributed by atoms with E-state index >= 15 is 0 Å². The number of alkyl halides is 3. The number of rotatable bonds is 4. The van der Waals surface area contributed by atoms with E-state index in [0.29, 0.717) is 18.8 Å². The molecule has 0 aliphatic carbocycles. The third-order valence-corrected chi connectivity index (χ3v) is 2.70. The van der Waals surface area contributed by atoms with Crippen molar-refractivity contribution in [3.05, 3.63) is 28.8 Å². The number of anilines is 1. The zero-order chi connectivity index (χ0) is 14.7. The van der Waals surface area contributed by atoms with Crippen molar-refractivity contribution >= 4 is 17.3 Å². The number of hydrogen-bond acceptors (Lipinski definition) is 2. The first-order valence-corrected chi connectivity index (χ1v) is 6.33. The van der Waals surface area contributed by atoms with Crippen LogP contribution in [0.1, 0.15) is 26.3 Å². The van der Waals surface area contributed by atoms with Crippen LogP contribution in [0.25, 0.3) is 0 Å². The maximum absolute atomic E-state index is 12.4. The molecule has 0 aliphatic heterocycles. The Labute approximate surface area is 116 Å². The maximum Gasteiger partial charge on any atom is 0.416 e. The number of nitrogens with one attached hydrogen (secondary N) is 2. The lowest BCUT2D eigenvalue weighted by Gasteiger charge is -2.21. The molecule has 0 saturated heterocycles. The highest BCUT2D eigenvalue weighted by molar-refractivity contribution is 6.33. The van der Waals surface area contributed by atoms with Crippen molar-refractivity contribution in [1.29, 1.82) is 0 Å². The number of hydrogen-bond donors (Lipinski definition) is 2. The van der Waals surface area contributed by atoms with Gasteiger partial charge in [-0.05, 0) is 39.0 Å². The van der Waals surface area contributed by atoms with Gasteiger partial charge in [0.15, 0.2) is 0 Å². The molecule has 108 valence electrons. The van der Waals surface area contributed by atoms with Gasteiger partial charge in [-0.15, -0.1) is 0 Å². The summed E-state index contributed by atoms with van der Waals surface area (Å²) in [6, 6.07) is 3.30. The van der Waals surface area contributed by atoms with Crippen LogP contribution in [0.2, 0.25) is 5.02 Å². The molecule has 0 amide bonds. The summed E-state index contributed by atoms with van der Waals surface area (Å²) in [5.41, 5.74) is -0.229. The Hall–Kier alpha value is -0.940. The van der Waals surface area contributed by atoms with E-state index in [4.69, 9.17) is 11.6 Å². The van der Waals surface area contributed by atoms with Crippen molar-refractivity contribution in [2.24, 2.45) is 0 Å². The van der Waals surface area contributed by atoms with Gasteiger partial charge in [0.1, 0.15) is 0 Å². The van der Waals surface area contributed by atoms with Gasteiger partial charge in [-0.1, -0.05) is 11.6 Å². The van der Waals surface area contributed by atoms with Crippen LogP contribution in [-0.4, -0.2) is 18.6 Å². The fourth-order valence-corrected chi connectivity index (χ4v) is 1.72. The summed E-state index contributed by atoms with van der Waals surface area (Å²) in [4.78, 5) is 0. The molecule has 1 aromatic rings. The molecule has 2 nitrogen and oxygen atoms in total. The molecular weight excluding hydrogens is 277 g/mol. The monoisotopic (exact) mass is 294 g/mol. The SMILES string of the molecule is CC(C)(C)NCCNc1ccc(C(F)(F)F)cc1Cl. The van der Waals surface area contributed by atoms with Crippen molar-refractivity contribution in [1.82, 2.24) is 5.32 Å². The molecule has 0 heterocycles. The molecule has 0 atom stereocenters. The minimum Gasteiger partial charge on any atom is -0.383 e. The quantitative estimate of drug-likeness (QED) is 0.815. The van der Waals surface area contributed by atoms with Gasteiger partial charge in [0.05, 0.1) is 16.3 Å². The first-order chi connectivity index (χ1) is 8.59. The Kier molecular flexibility index (Phi) is 5.10. The lowest BCUT2D eigenvalue weighted by Crippen LogP contribution is -2.38. The van der Waals surface area contributed by atoms with E-state index in [0.717, 1.165) is 12.1 Å². The Balaban J connectivity index is 2.57. The zero-order valence-electron chi connectivity index (χ0n) is 11.2. The van der Waals surface area contributed by atoms with Gasteiger partial charge in [0.25, 0.3) is 0 Å². The highest BCUT2D eigenvalue weighted by Gasteiger charge is 2.30. The summed E-state index contributed by atoms with van der Waals surface area (Å²) in [6.45, 7) is 7.40. The lowest BCUT2D eigenvalue weighted by atomic mass is 10.1. The van der Waals surface area contributed by atoms with E-state index in [1.54, 1.807) is 0 Å². The Morgan fingerprint density at radius 2 is 1.74 bits per heavy atom. The van der Waals surface area contributed by atoms with Gasteiger partial charge in [0.2, 0.25) is 0 Å². The summed E-state index contributed by atoms with van der Waals surface area (Å²) in [5, 5.41) is 6.34. The summed E-state index contributed by atoms with van der Waals surface area (Å²) in [5.74, 6) is 0. The zero-order valence-corrected chi connectivity index (χ0v) is 11.9. The van der Waals surface area contributed by atoms with Crippen molar-refractivity contribution < 1.29 is 13.2 Å². The average Bonchev–Trinajstić information content (AvgIpc) is 2.23. The Bertz CT molecular complexity index is 425. The normalized spacial score (nSPS) is 12.6. The molecule has 0 spiro atoms. The van der Waals surface area contributed by atoms with Crippen LogP contribution in [0.15, 0.2) is 18.2 Å². The smallest absolute Gasteiger partial charge is 0.383 e. The van der Waals surface area contributed by atoms with Crippen LogP contribution in [0, 0.1) is 0 Å². The van der Waals surface area contributed by atoms with Gasteiger partial charge >= 0.3 is 6.18 Å². The van der Waals surface area contributed by atoms with Crippen LogP contribution in [0.3, 0.4) is 0 Å². The predicted molar refractivity (Wildman–Crippen MR) is 72.7 cm³/mol. The molecule has 19 heavy (non-hydrogen) atoms. The Morgan fingerprint density at radius 1 is 1.11 bits per heavy atom. The van der Waals surface area contributed by atoms with E-state index in [9.17, 15) is 13.2 Å². The minimum absolute atomic E-state index is 0.00557. The summed E-state index contributed by atoms with van der Waals surface area (Å²) in [6.07, 6.45) is -4.37. The van der Waals surface area contributed by atoms with Crippen LogP contribution in [-0.2, 0) is 6.18 Å². The van der Waals surface area contributed by atoms with Crippen LogP contribution in [0.4, 0.5) is 18.9 Å². The molecule has 0 saturated carbocycles. The first-order valence-electron chi connectivity index (χ1n) is 5.95. The second-order valence-corrected chi connectivity index (χ2v) is 5.70. The van der Waals surface area contributed by atoms with E-state index in [1.165, 1.54) is 6.07 Å². The van der Waals surface area contributed by atoms with E-state index in [-0.39, 0.29) is 10.6 Å². The van der Waals surface area contributed by atoms with Gasteiger partial charge in [-0.3, -0.25) is 0 Å². The molecule has 0 radical (unpaired) electrons. The van der Waals surface area contributed by atoms with Crippen LogP contribution in [0.5, 0.6) is 0 Å². The maximum atomic E-state index is 12.4. The molecule has 0 aromatic heterocycles. The standard InChI is InChI=1S/C13H18ClF3N2/c1-12(2,3)19-7-6-18-11-5-4-9(8-10(11)14)13(15,16)17/h4-5,8,18-19H,6-7H2,1-3H3. The molecule has 1 aromatic carbocycles. The Morgan fingerprint density at radius 3 is 2.21 bits per heavy atom. The van der Waals surface area contributed by atoms with Gasteiger partial charge < -0.3 is 10.6 Å². The third kappa shape index (κ3) is 5.70. The lowest BCUT2D eigenvalue weighted by molar-refractivity contribution is -0.137. The fraction of sp³-hybridized carbons (Fsp3) is 0.538. The molecule has 2 N–H and O–H groups in total. The molecule has 1 rings (SSSR count). The molecule has 0 aliphatic rings. The predicted octanol–water partition coefficient (Wildman–Crippen LogP) is 4.16. The van der Waals surface area contributed by atoms with Crippen molar-refractivity contribution in [3.8, 4) is 0 Å². The molecular formula is C13H18ClF3N2. The van der Waals surface area contributed by atoms with Gasteiger partial charge in [-0.2, -0.15) is 13.2 Å². The van der Waals surface area contributed by atoms with Crippen LogP contribution < -0.4 is 10.6 Å². The molecule has 0 fully saturated rings. The molecule has 0 unspecified atom stereocenters. The number of halogens is 4. The highest BCUT2D eigenvalue weighted by atomic mass is 35.5. The fourth-order valence-electron chi connectivity index (χ4n) is 1.47. The average molecular weight is 295 g/mol. The highest BCUT2D eigenvalue weighted by Crippen LogP contribution is 2.33.